The normalized spacial score (nSPS) is 12.0. The van der Waals surface area contributed by atoms with E-state index in [1.54, 1.807) is 16.9 Å². The molecule has 8 heteroatoms. The highest BCUT2D eigenvalue weighted by Crippen LogP contribution is 2.03. The summed E-state index contributed by atoms with van der Waals surface area (Å²) in [6, 6.07) is 3.17. The molecule has 0 unspecified atom stereocenters. The highest BCUT2D eigenvalue weighted by atomic mass is 16.4. The van der Waals surface area contributed by atoms with Crippen molar-refractivity contribution in [3.05, 3.63) is 46.4 Å². The number of rotatable bonds is 5. The number of hydrogen-bond acceptors (Lipinski definition) is 5. The van der Waals surface area contributed by atoms with Gasteiger partial charge in [0.1, 0.15) is 12.2 Å². The summed E-state index contributed by atoms with van der Waals surface area (Å²) in [6.45, 7) is 5.16. The van der Waals surface area contributed by atoms with E-state index in [4.69, 9.17) is 10.9 Å². The monoisotopic (exact) mass is 290 g/mol. The molecule has 0 amide bonds. The van der Waals surface area contributed by atoms with E-state index in [-0.39, 0.29) is 23.5 Å². The number of nitrogens with zero attached hydrogens (tertiary/aromatic N) is 5. The molecule has 0 spiro atoms. The standard InChI is InChI=1S/C13H18N6O2/c1-9(2)6-19-11(15-8-16-19)7-18-5-3-4-10(13(18)20)12(14)17-21/h3-5,8-9,21H,6-7H2,1-2H3,(H2,14,17). The van der Waals surface area contributed by atoms with Gasteiger partial charge in [-0.2, -0.15) is 5.10 Å². The van der Waals surface area contributed by atoms with Gasteiger partial charge in [0.2, 0.25) is 0 Å². The molecule has 2 aromatic rings. The van der Waals surface area contributed by atoms with Crippen LogP contribution in [0.1, 0.15) is 25.2 Å². The molecule has 3 N–H and O–H groups in total. The molecule has 0 saturated heterocycles. The molecule has 0 radical (unpaired) electrons. The Morgan fingerprint density at radius 3 is 2.95 bits per heavy atom. The average molecular weight is 290 g/mol. The lowest BCUT2D eigenvalue weighted by atomic mass is 10.2. The van der Waals surface area contributed by atoms with Gasteiger partial charge in [0.05, 0.1) is 12.1 Å². The lowest BCUT2D eigenvalue weighted by Crippen LogP contribution is -2.30. The van der Waals surface area contributed by atoms with E-state index < -0.39 is 0 Å². The van der Waals surface area contributed by atoms with Gasteiger partial charge in [0.25, 0.3) is 5.56 Å². The van der Waals surface area contributed by atoms with Crippen LogP contribution in [-0.4, -0.2) is 30.4 Å². The predicted octanol–water partition coefficient (Wildman–Crippen LogP) is 0.239. The quantitative estimate of drug-likeness (QED) is 0.354. The summed E-state index contributed by atoms with van der Waals surface area (Å²) in [5, 5.41) is 15.7. The van der Waals surface area contributed by atoms with Crippen molar-refractivity contribution in [2.75, 3.05) is 0 Å². The Bertz CT molecular complexity index is 701. The van der Waals surface area contributed by atoms with Crippen molar-refractivity contribution < 1.29 is 5.21 Å². The molecule has 8 nitrogen and oxygen atoms in total. The molecule has 0 fully saturated rings. The largest absolute Gasteiger partial charge is 0.409 e. The first-order valence-electron chi connectivity index (χ1n) is 6.57. The zero-order valence-corrected chi connectivity index (χ0v) is 12.0. The van der Waals surface area contributed by atoms with Crippen LogP contribution in [0.3, 0.4) is 0 Å². The maximum atomic E-state index is 12.3. The van der Waals surface area contributed by atoms with E-state index in [1.165, 1.54) is 17.0 Å². The molecule has 0 saturated carbocycles. The molecule has 112 valence electrons. The minimum atomic E-state index is -0.341. The Balaban J connectivity index is 2.33. The van der Waals surface area contributed by atoms with Gasteiger partial charge >= 0.3 is 0 Å². The van der Waals surface area contributed by atoms with Crippen molar-refractivity contribution in [2.45, 2.75) is 26.9 Å². The van der Waals surface area contributed by atoms with Crippen molar-refractivity contribution in [2.24, 2.45) is 16.8 Å². The Morgan fingerprint density at radius 2 is 2.29 bits per heavy atom. The summed E-state index contributed by atoms with van der Waals surface area (Å²) in [5.41, 5.74) is 5.29. The van der Waals surface area contributed by atoms with Gasteiger partial charge in [-0.25, -0.2) is 9.67 Å². The third-order valence-corrected chi connectivity index (χ3v) is 2.95. The van der Waals surface area contributed by atoms with Crippen molar-refractivity contribution in [3.63, 3.8) is 0 Å². The third kappa shape index (κ3) is 3.28. The van der Waals surface area contributed by atoms with Crippen molar-refractivity contribution >= 4 is 5.84 Å². The van der Waals surface area contributed by atoms with Crippen LogP contribution in [0.5, 0.6) is 0 Å². The van der Waals surface area contributed by atoms with Crippen LogP contribution in [0.2, 0.25) is 0 Å². The van der Waals surface area contributed by atoms with Crippen LogP contribution in [0.15, 0.2) is 34.6 Å². The lowest BCUT2D eigenvalue weighted by molar-refractivity contribution is 0.318. The molecule has 0 atom stereocenters. The van der Waals surface area contributed by atoms with Gasteiger partial charge in [0.15, 0.2) is 5.84 Å². The third-order valence-electron chi connectivity index (χ3n) is 2.95. The first kappa shape index (κ1) is 14.8. The van der Waals surface area contributed by atoms with E-state index in [0.29, 0.717) is 11.7 Å². The molecular weight excluding hydrogens is 272 g/mol. The molecule has 2 aromatic heterocycles. The predicted molar refractivity (Wildman–Crippen MR) is 77.2 cm³/mol. The highest BCUT2D eigenvalue weighted by molar-refractivity contribution is 5.96. The van der Waals surface area contributed by atoms with Gasteiger partial charge < -0.3 is 15.5 Å². The van der Waals surface area contributed by atoms with E-state index >= 15 is 0 Å². The molecule has 0 aliphatic heterocycles. The van der Waals surface area contributed by atoms with Gasteiger partial charge in [-0.15, -0.1) is 0 Å². The van der Waals surface area contributed by atoms with Crippen LogP contribution < -0.4 is 11.3 Å². The number of pyridine rings is 1. The minimum Gasteiger partial charge on any atom is -0.409 e. The van der Waals surface area contributed by atoms with E-state index in [2.05, 4.69) is 29.1 Å². The molecule has 21 heavy (non-hydrogen) atoms. The Morgan fingerprint density at radius 1 is 1.52 bits per heavy atom. The lowest BCUT2D eigenvalue weighted by Gasteiger charge is -2.10. The maximum Gasteiger partial charge on any atom is 0.262 e. The molecule has 0 aliphatic carbocycles. The van der Waals surface area contributed by atoms with E-state index in [0.717, 1.165) is 6.54 Å². The molecule has 2 heterocycles. The Labute approximate surface area is 121 Å². The van der Waals surface area contributed by atoms with E-state index in [9.17, 15) is 4.79 Å². The summed E-state index contributed by atoms with van der Waals surface area (Å²) in [5.74, 6) is 0.895. The SMILES string of the molecule is CC(C)Cn1ncnc1Cn1cccc(/C(N)=N/O)c1=O. The maximum absolute atomic E-state index is 12.3. The first-order valence-corrected chi connectivity index (χ1v) is 6.57. The van der Waals surface area contributed by atoms with Gasteiger partial charge in [-0.3, -0.25) is 4.79 Å². The zero-order valence-electron chi connectivity index (χ0n) is 12.0. The summed E-state index contributed by atoms with van der Waals surface area (Å²) in [4.78, 5) is 16.4. The van der Waals surface area contributed by atoms with Crippen LogP contribution in [0.25, 0.3) is 0 Å². The van der Waals surface area contributed by atoms with Crippen LogP contribution >= 0.6 is 0 Å². The number of nitrogens with two attached hydrogens (primary N) is 1. The zero-order chi connectivity index (χ0) is 15.4. The number of hydrogen-bond donors (Lipinski definition) is 2. The molecular formula is C13H18N6O2. The fourth-order valence-corrected chi connectivity index (χ4v) is 1.97. The molecule has 0 aromatic carbocycles. The van der Waals surface area contributed by atoms with Crippen LogP contribution in [-0.2, 0) is 13.1 Å². The highest BCUT2D eigenvalue weighted by Gasteiger charge is 2.11. The Kier molecular flexibility index (Phi) is 4.36. The summed E-state index contributed by atoms with van der Waals surface area (Å²) >= 11 is 0. The van der Waals surface area contributed by atoms with Crippen molar-refractivity contribution in [1.29, 1.82) is 0 Å². The first-order chi connectivity index (χ1) is 10.0. The molecule has 2 rings (SSSR count). The number of oxime groups is 1. The van der Waals surface area contributed by atoms with Crippen molar-refractivity contribution in [1.82, 2.24) is 19.3 Å². The summed E-state index contributed by atoms with van der Waals surface area (Å²) in [6.07, 6.45) is 3.10. The smallest absolute Gasteiger partial charge is 0.262 e. The van der Waals surface area contributed by atoms with Crippen molar-refractivity contribution in [3.8, 4) is 0 Å². The fourth-order valence-electron chi connectivity index (χ4n) is 1.97. The average Bonchev–Trinajstić information content (AvgIpc) is 2.86. The van der Waals surface area contributed by atoms with Crippen LogP contribution in [0.4, 0.5) is 0 Å². The summed E-state index contributed by atoms with van der Waals surface area (Å²) in [7, 11) is 0. The minimum absolute atomic E-state index is 0.148. The van der Waals surface area contributed by atoms with Gasteiger partial charge in [-0.05, 0) is 18.1 Å². The second-order valence-electron chi connectivity index (χ2n) is 5.09. The summed E-state index contributed by atoms with van der Waals surface area (Å²) < 4.78 is 3.22. The topological polar surface area (TPSA) is 111 Å². The number of amidine groups is 1. The van der Waals surface area contributed by atoms with Gasteiger partial charge in [-0.1, -0.05) is 19.0 Å². The van der Waals surface area contributed by atoms with E-state index in [1.807, 2.05) is 0 Å². The fraction of sp³-hybridized carbons (Fsp3) is 0.385. The second kappa shape index (κ2) is 6.21. The molecule has 0 aliphatic rings. The molecule has 0 bridgehead atoms. The Hall–Kier alpha value is -2.64. The number of aromatic nitrogens is 4. The second-order valence-corrected chi connectivity index (χ2v) is 5.09. The van der Waals surface area contributed by atoms with Crippen LogP contribution in [0, 0.1) is 5.92 Å². The van der Waals surface area contributed by atoms with Gasteiger partial charge in [0, 0.05) is 12.7 Å².